The van der Waals surface area contributed by atoms with Crippen molar-refractivity contribution in [1.82, 2.24) is 24.5 Å². The Morgan fingerprint density at radius 2 is 1.91 bits per heavy atom. The number of rotatable bonds is 7. The Kier molecular flexibility index (Phi) is 5.89. The highest BCUT2D eigenvalue weighted by Gasteiger charge is 2.37. The number of benzene rings is 2. The maximum atomic E-state index is 13.3. The van der Waals surface area contributed by atoms with Crippen LogP contribution in [0.25, 0.3) is 10.9 Å². The Labute approximate surface area is 187 Å². The number of aromatic nitrogens is 4. The summed E-state index contributed by atoms with van der Waals surface area (Å²) in [4.78, 5) is 2.22. The lowest BCUT2D eigenvalue weighted by Crippen LogP contribution is -2.30. The topological polar surface area (TPSA) is 102 Å². The summed E-state index contributed by atoms with van der Waals surface area (Å²) in [6.45, 7) is 3.60. The summed E-state index contributed by atoms with van der Waals surface area (Å²) in [5.74, 6) is 0.687. The molecule has 0 saturated carbocycles. The van der Waals surface area contributed by atoms with Crippen LogP contribution in [0.3, 0.4) is 0 Å². The maximum Gasteiger partial charge on any atom is 0.417 e. The summed E-state index contributed by atoms with van der Waals surface area (Å²) < 4.78 is 75.1. The molecule has 2 heterocycles. The first-order valence-electron chi connectivity index (χ1n) is 9.97. The molecule has 0 spiro atoms. The average molecular weight is 479 g/mol. The molecule has 0 fully saturated rings. The van der Waals surface area contributed by atoms with Crippen molar-refractivity contribution in [2.24, 2.45) is 0 Å². The summed E-state index contributed by atoms with van der Waals surface area (Å²) in [6.07, 6.45) is -3.02. The number of hydrogen-bond acceptors (Lipinski definition) is 5. The zero-order valence-electron chi connectivity index (χ0n) is 17.6. The molecule has 0 radical (unpaired) electrons. The quantitative estimate of drug-likeness (QED) is 0.402. The number of aromatic amines is 1. The van der Waals surface area contributed by atoms with Crippen molar-refractivity contribution in [3.63, 3.8) is 0 Å². The van der Waals surface area contributed by atoms with Gasteiger partial charge in [-0.1, -0.05) is 17.2 Å². The molecular formula is C21H20F3N5O3S. The molecular weight excluding hydrogens is 459 g/mol. The fourth-order valence-electron chi connectivity index (χ4n) is 3.47. The van der Waals surface area contributed by atoms with Gasteiger partial charge in [0.1, 0.15) is 5.75 Å². The lowest BCUT2D eigenvalue weighted by atomic mass is 10.2. The van der Waals surface area contributed by atoms with Crippen LogP contribution in [0.15, 0.2) is 59.6 Å². The second-order valence-corrected chi connectivity index (χ2v) is 8.93. The van der Waals surface area contributed by atoms with Gasteiger partial charge in [0.05, 0.1) is 16.5 Å². The molecule has 2 aromatic carbocycles. The molecule has 2 aromatic heterocycles. The third-order valence-electron chi connectivity index (χ3n) is 5.00. The van der Waals surface area contributed by atoms with Crippen molar-refractivity contribution in [1.29, 1.82) is 0 Å². The Morgan fingerprint density at radius 3 is 2.64 bits per heavy atom. The number of halogens is 3. The van der Waals surface area contributed by atoms with Gasteiger partial charge >= 0.3 is 12.2 Å². The molecule has 12 heteroatoms. The van der Waals surface area contributed by atoms with E-state index in [1.54, 1.807) is 29.8 Å². The minimum Gasteiger partial charge on any atom is -0.424 e. The van der Waals surface area contributed by atoms with E-state index in [-0.39, 0.29) is 11.8 Å². The molecule has 0 unspecified atom stereocenters. The van der Waals surface area contributed by atoms with Crippen molar-refractivity contribution in [3.8, 4) is 11.8 Å². The van der Waals surface area contributed by atoms with Crippen LogP contribution in [0.4, 0.5) is 13.2 Å². The van der Waals surface area contributed by atoms with E-state index < -0.39 is 32.7 Å². The standard InChI is InChI=1S/C21H20F3N5O3S/c1-3-29-19(26-27-20(29)32-15-9-8-14-10-11-25-17(14)12-15)13(2)28-33(30,31)18-7-5-4-6-16(18)21(22,23)24/h4-13,25,28H,3H2,1-2H3/t13-/m1/s1. The predicted molar refractivity (Wildman–Crippen MR) is 114 cm³/mol. The molecule has 0 aliphatic rings. The second-order valence-electron chi connectivity index (χ2n) is 7.25. The van der Waals surface area contributed by atoms with Crippen LogP contribution in [-0.4, -0.2) is 28.2 Å². The number of nitrogens with zero attached hydrogens (tertiary/aromatic N) is 3. The molecule has 0 aliphatic heterocycles. The fraction of sp³-hybridized carbons (Fsp3) is 0.238. The Balaban J connectivity index is 1.60. The third kappa shape index (κ3) is 4.57. The van der Waals surface area contributed by atoms with E-state index in [0.717, 1.165) is 29.1 Å². The highest BCUT2D eigenvalue weighted by Crippen LogP contribution is 2.34. The number of alkyl halides is 3. The van der Waals surface area contributed by atoms with Crippen LogP contribution in [-0.2, 0) is 22.7 Å². The first-order chi connectivity index (χ1) is 15.6. The van der Waals surface area contributed by atoms with E-state index in [0.29, 0.717) is 12.3 Å². The van der Waals surface area contributed by atoms with E-state index in [2.05, 4.69) is 19.9 Å². The number of fused-ring (bicyclic) bond motifs is 1. The number of nitrogens with one attached hydrogen (secondary N) is 2. The van der Waals surface area contributed by atoms with Crippen LogP contribution < -0.4 is 9.46 Å². The highest BCUT2D eigenvalue weighted by atomic mass is 32.2. The molecule has 0 saturated heterocycles. The van der Waals surface area contributed by atoms with E-state index in [4.69, 9.17) is 4.74 Å². The predicted octanol–water partition coefficient (Wildman–Crippen LogP) is 4.63. The summed E-state index contributed by atoms with van der Waals surface area (Å²) in [7, 11) is -4.51. The van der Waals surface area contributed by atoms with Crippen molar-refractivity contribution in [2.75, 3.05) is 0 Å². The molecule has 33 heavy (non-hydrogen) atoms. The largest absolute Gasteiger partial charge is 0.424 e. The second kappa shape index (κ2) is 8.52. The molecule has 174 valence electrons. The maximum absolute atomic E-state index is 13.3. The van der Waals surface area contributed by atoms with Gasteiger partial charge in [0.25, 0.3) is 0 Å². The van der Waals surface area contributed by atoms with Crippen LogP contribution in [0.2, 0.25) is 0 Å². The average Bonchev–Trinajstić information content (AvgIpc) is 3.39. The molecule has 0 bridgehead atoms. The van der Waals surface area contributed by atoms with Gasteiger partial charge in [-0.25, -0.2) is 13.1 Å². The molecule has 4 aromatic rings. The summed E-state index contributed by atoms with van der Waals surface area (Å²) in [5.41, 5.74) is -0.384. The molecule has 0 amide bonds. The number of ether oxygens (including phenoxy) is 1. The number of H-pyrrole nitrogens is 1. The molecule has 4 rings (SSSR count). The summed E-state index contributed by atoms with van der Waals surface area (Å²) in [5, 5.41) is 9.01. The van der Waals surface area contributed by atoms with Crippen molar-refractivity contribution in [3.05, 3.63) is 66.1 Å². The van der Waals surface area contributed by atoms with Gasteiger partial charge in [0.2, 0.25) is 10.0 Å². The monoisotopic (exact) mass is 479 g/mol. The molecule has 1 atom stereocenters. The Bertz CT molecular complexity index is 1400. The molecule has 2 N–H and O–H groups in total. The van der Waals surface area contributed by atoms with Gasteiger partial charge in [-0.3, -0.25) is 4.57 Å². The molecule has 0 aliphatic carbocycles. The summed E-state index contributed by atoms with van der Waals surface area (Å²) >= 11 is 0. The van der Waals surface area contributed by atoms with Crippen molar-refractivity contribution < 1.29 is 26.3 Å². The van der Waals surface area contributed by atoms with E-state index in [1.165, 1.54) is 13.0 Å². The highest BCUT2D eigenvalue weighted by molar-refractivity contribution is 7.89. The Morgan fingerprint density at radius 1 is 1.15 bits per heavy atom. The van der Waals surface area contributed by atoms with Gasteiger partial charge in [-0.05, 0) is 49.6 Å². The first-order valence-corrected chi connectivity index (χ1v) is 11.4. The van der Waals surface area contributed by atoms with Gasteiger partial charge in [0, 0.05) is 24.3 Å². The zero-order chi connectivity index (χ0) is 23.8. The van der Waals surface area contributed by atoms with Crippen LogP contribution in [0, 0.1) is 0 Å². The first kappa shape index (κ1) is 22.8. The van der Waals surface area contributed by atoms with Gasteiger partial charge < -0.3 is 9.72 Å². The minimum absolute atomic E-state index is 0.125. The van der Waals surface area contributed by atoms with Crippen molar-refractivity contribution >= 4 is 20.9 Å². The number of hydrogen-bond donors (Lipinski definition) is 2. The normalized spacial score (nSPS) is 13.4. The van der Waals surface area contributed by atoms with E-state index in [1.807, 2.05) is 12.1 Å². The fourth-order valence-corrected chi connectivity index (χ4v) is 4.90. The third-order valence-corrected chi connectivity index (χ3v) is 6.60. The van der Waals surface area contributed by atoms with Crippen molar-refractivity contribution in [2.45, 2.75) is 37.5 Å². The lowest BCUT2D eigenvalue weighted by Gasteiger charge is -2.17. The SMILES string of the molecule is CCn1c(Oc2ccc3cc[nH]c3c2)nnc1[C@@H](C)NS(=O)(=O)c1ccccc1C(F)(F)F. The van der Waals surface area contributed by atoms with Gasteiger partial charge in [-0.2, -0.15) is 13.2 Å². The van der Waals surface area contributed by atoms with Crippen LogP contribution in [0.5, 0.6) is 11.8 Å². The van der Waals surface area contributed by atoms with E-state index in [9.17, 15) is 21.6 Å². The van der Waals surface area contributed by atoms with Gasteiger partial charge in [-0.15, -0.1) is 5.10 Å². The lowest BCUT2D eigenvalue weighted by molar-refractivity contribution is -0.139. The van der Waals surface area contributed by atoms with E-state index >= 15 is 0 Å². The van der Waals surface area contributed by atoms with Crippen LogP contribution >= 0.6 is 0 Å². The summed E-state index contributed by atoms with van der Waals surface area (Å²) in [6, 6.07) is 10.5. The van der Waals surface area contributed by atoms with Gasteiger partial charge in [0.15, 0.2) is 5.82 Å². The smallest absolute Gasteiger partial charge is 0.417 e. The zero-order valence-corrected chi connectivity index (χ0v) is 18.4. The molecule has 8 nitrogen and oxygen atoms in total. The van der Waals surface area contributed by atoms with Crippen LogP contribution in [0.1, 0.15) is 31.3 Å². The minimum atomic E-state index is -4.82. The number of sulfonamides is 1. The Hall–Kier alpha value is -3.38.